The van der Waals surface area contributed by atoms with E-state index >= 15 is 0 Å². The Morgan fingerprint density at radius 1 is 0.862 bits per heavy atom. The first-order chi connectivity index (χ1) is 13.8. The number of ketones is 2. The Balaban J connectivity index is 1.87. The predicted molar refractivity (Wildman–Crippen MR) is 111 cm³/mol. The summed E-state index contributed by atoms with van der Waals surface area (Å²) in [5.74, 6) is -1.05. The number of sulfonamides is 1. The number of likely N-dealkylation sites (tertiary alicyclic amines) is 1. The van der Waals surface area contributed by atoms with Crippen molar-refractivity contribution in [2.24, 2.45) is 0 Å². The second kappa shape index (κ2) is 7.15. The van der Waals surface area contributed by atoms with E-state index in [0.29, 0.717) is 18.8 Å². The van der Waals surface area contributed by atoms with Crippen molar-refractivity contribution in [3.05, 3.63) is 75.3 Å². The number of hydrogen-bond donors (Lipinski definition) is 1. The van der Waals surface area contributed by atoms with Gasteiger partial charge in [0.1, 0.15) is 5.70 Å². The molecule has 2 aliphatic rings. The highest BCUT2D eigenvalue weighted by Gasteiger charge is 2.41. The van der Waals surface area contributed by atoms with Crippen LogP contribution in [0, 0.1) is 13.8 Å². The molecule has 0 spiro atoms. The van der Waals surface area contributed by atoms with Gasteiger partial charge in [-0.2, -0.15) is 0 Å². The molecule has 1 N–H and O–H groups in total. The van der Waals surface area contributed by atoms with Crippen molar-refractivity contribution in [2.45, 2.75) is 26.7 Å². The van der Waals surface area contributed by atoms with Crippen molar-refractivity contribution in [3.63, 3.8) is 0 Å². The summed E-state index contributed by atoms with van der Waals surface area (Å²) >= 11 is 0. The van der Waals surface area contributed by atoms with E-state index in [1.165, 1.54) is 6.07 Å². The summed E-state index contributed by atoms with van der Waals surface area (Å²) in [6, 6.07) is 11.7. The highest BCUT2D eigenvalue weighted by atomic mass is 32.2. The standard InChI is InChI=1S/C22H22N2O4S/c1-14-11-15(2)13-16(12-14)23-29(27,28)22-19(24-9-5-6-10-24)20(25)17-7-3-4-8-18(17)21(22)26/h3-4,7-8,11-13,23H,5-6,9-10H2,1-2H3. The number of carbonyl (C=O) groups is 2. The van der Waals surface area contributed by atoms with E-state index in [2.05, 4.69) is 4.72 Å². The number of benzene rings is 2. The number of hydrogen-bond acceptors (Lipinski definition) is 5. The van der Waals surface area contributed by atoms with Gasteiger partial charge in [0.25, 0.3) is 10.0 Å². The molecule has 0 amide bonds. The van der Waals surface area contributed by atoms with Gasteiger partial charge in [-0.05, 0) is 49.9 Å². The van der Waals surface area contributed by atoms with Crippen LogP contribution in [0.1, 0.15) is 44.7 Å². The third-order valence-corrected chi connectivity index (χ3v) is 6.64. The van der Waals surface area contributed by atoms with Gasteiger partial charge in [-0.15, -0.1) is 0 Å². The van der Waals surface area contributed by atoms with E-state index in [9.17, 15) is 18.0 Å². The normalized spacial score (nSPS) is 17.0. The molecule has 4 rings (SSSR count). The largest absolute Gasteiger partial charge is 0.367 e. The van der Waals surface area contributed by atoms with E-state index in [-0.39, 0.29) is 16.8 Å². The number of aryl methyl sites for hydroxylation is 2. The lowest BCUT2D eigenvalue weighted by Gasteiger charge is -2.27. The van der Waals surface area contributed by atoms with E-state index in [1.807, 2.05) is 19.9 Å². The molecule has 1 aliphatic heterocycles. The molecule has 0 atom stereocenters. The number of carbonyl (C=O) groups excluding carboxylic acids is 2. The van der Waals surface area contributed by atoms with Crippen molar-refractivity contribution in [3.8, 4) is 0 Å². The first-order valence-electron chi connectivity index (χ1n) is 9.57. The minimum absolute atomic E-state index is 0.0110. The van der Waals surface area contributed by atoms with Gasteiger partial charge < -0.3 is 4.90 Å². The molecule has 0 aromatic heterocycles. The predicted octanol–water partition coefficient (Wildman–Crippen LogP) is 3.43. The number of allylic oxidation sites excluding steroid dienone is 2. The van der Waals surface area contributed by atoms with Gasteiger partial charge >= 0.3 is 0 Å². The molecule has 0 unspecified atom stereocenters. The van der Waals surface area contributed by atoms with Gasteiger partial charge in [0.15, 0.2) is 4.91 Å². The number of Topliss-reactive ketones (excluding diaryl/α,β-unsaturated/α-hetero) is 2. The number of nitrogens with zero attached hydrogens (tertiary/aromatic N) is 1. The average molecular weight is 410 g/mol. The highest BCUT2D eigenvalue weighted by Crippen LogP contribution is 2.33. The van der Waals surface area contributed by atoms with Crippen LogP contribution in [0.25, 0.3) is 0 Å². The second-order valence-corrected chi connectivity index (χ2v) is 9.18. The molecule has 1 heterocycles. The first-order valence-corrected chi connectivity index (χ1v) is 11.0. The monoisotopic (exact) mass is 410 g/mol. The van der Waals surface area contributed by atoms with Crippen LogP contribution < -0.4 is 4.72 Å². The Morgan fingerprint density at radius 2 is 1.41 bits per heavy atom. The van der Waals surface area contributed by atoms with Crippen molar-refractivity contribution >= 4 is 27.3 Å². The number of nitrogens with one attached hydrogen (secondary N) is 1. The van der Waals surface area contributed by atoms with Crippen LogP contribution in [0.3, 0.4) is 0 Å². The van der Waals surface area contributed by atoms with Crippen molar-refractivity contribution < 1.29 is 18.0 Å². The Kier molecular flexibility index (Phi) is 4.78. The molecule has 1 saturated heterocycles. The molecule has 2 aromatic carbocycles. The molecule has 0 bridgehead atoms. The molecule has 6 nitrogen and oxygen atoms in total. The third kappa shape index (κ3) is 3.46. The quantitative estimate of drug-likeness (QED) is 0.835. The summed E-state index contributed by atoms with van der Waals surface area (Å²) in [5.41, 5.74) is 2.53. The van der Waals surface area contributed by atoms with Gasteiger partial charge in [0.2, 0.25) is 11.6 Å². The number of anilines is 1. The molecule has 0 radical (unpaired) electrons. The van der Waals surface area contributed by atoms with Crippen LogP contribution in [-0.4, -0.2) is 38.0 Å². The summed E-state index contributed by atoms with van der Waals surface area (Å²) in [5, 5.41) is 0. The van der Waals surface area contributed by atoms with E-state index in [4.69, 9.17) is 0 Å². The molecule has 150 valence electrons. The average Bonchev–Trinajstić information content (AvgIpc) is 3.17. The maximum atomic E-state index is 13.3. The Labute approximate surface area is 170 Å². The zero-order valence-corrected chi connectivity index (χ0v) is 17.2. The molecular weight excluding hydrogens is 388 g/mol. The number of rotatable bonds is 4. The fourth-order valence-electron chi connectivity index (χ4n) is 4.06. The van der Waals surface area contributed by atoms with Gasteiger partial charge in [0.05, 0.1) is 0 Å². The maximum absolute atomic E-state index is 13.3. The van der Waals surface area contributed by atoms with Crippen LogP contribution >= 0.6 is 0 Å². The molecule has 29 heavy (non-hydrogen) atoms. The summed E-state index contributed by atoms with van der Waals surface area (Å²) in [7, 11) is -4.26. The lowest BCUT2D eigenvalue weighted by Crippen LogP contribution is -2.36. The molecule has 7 heteroatoms. The Bertz CT molecular complexity index is 1140. The Hall–Kier alpha value is -2.93. The van der Waals surface area contributed by atoms with Crippen LogP contribution in [0.2, 0.25) is 0 Å². The third-order valence-electron chi connectivity index (χ3n) is 5.22. The molecule has 1 aliphatic carbocycles. The van der Waals surface area contributed by atoms with Gasteiger partial charge in [-0.1, -0.05) is 30.3 Å². The summed E-state index contributed by atoms with van der Waals surface area (Å²) in [6.45, 7) is 4.84. The van der Waals surface area contributed by atoms with Crippen molar-refractivity contribution in [2.75, 3.05) is 17.8 Å². The minimum Gasteiger partial charge on any atom is -0.367 e. The zero-order chi connectivity index (χ0) is 20.8. The zero-order valence-electron chi connectivity index (χ0n) is 16.4. The smallest absolute Gasteiger partial charge is 0.268 e. The van der Waals surface area contributed by atoms with E-state index in [1.54, 1.807) is 35.2 Å². The second-order valence-electron chi connectivity index (χ2n) is 7.56. The van der Waals surface area contributed by atoms with Gasteiger partial charge in [0, 0.05) is 29.9 Å². The molecule has 1 fully saturated rings. The van der Waals surface area contributed by atoms with Crippen LogP contribution in [0.5, 0.6) is 0 Å². The number of fused-ring (bicyclic) bond motifs is 1. The van der Waals surface area contributed by atoms with Gasteiger partial charge in [-0.25, -0.2) is 8.42 Å². The Morgan fingerprint density at radius 3 is 2.00 bits per heavy atom. The minimum atomic E-state index is -4.26. The fraction of sp³-hybridized carbons (Fsp3) is 0.273. The van der Waals surface area contributed by atoms with Crippen LogP contribution in [0.15, 0.2) is 53.1 Å². The van der Waals surface area contributed by atoms with Crippen LogP contribution in [0.4, 0.5) is 5.69 Å². The first kappa shape index (κ1) is 19.4. The van der Waals surface area contributed by atoms with Crippen molar-refractivity contribution in [1.29, 1.82) is 0 Å². The van der Waals surface area contributed by atoms with Crippen LogP contribution in [-0.2, 0) is 10.0 Å². The molecule has 2 aromatic rings. The van der Waals surface area contributed by atoms with Crippen molar-refractivity contribution in [1.82, 2.24) is 4.90 Å². The SMILES string of the molecule is Cc1cc(C)cc(NS(=O)(=O)C2=C(N3CCCC3)C(=O)c3ccccc3C2=O)c1. The fourth-order valence-corrected chi connectivity index (χ4v) is 5.42. The van der Waals surface area contributed by atoms with E-state index in [0.717, 1.165) is 24.0 Å². The maximum Gasteiger partial charge on any atom is 0.268 e. The topological polar surface area (TPSA) is 83.6 Å². The lowest BCUT2D eigenvalue weighted by molar-refractivity contribution is 0.0953. The molecule has 0 saturated carbocycles. The molecular formula is C22H22N2O4S. The van der Waals surface area contributed by atoms with E-state index < -0.39 is 26.5 Å². The summed E-state index contributed by atoms with van der Waals surface area (Å²) in [6.07, 6.45) is 1.70. The lowest BCUT2D eigenvalue weighted by atomic mass is 9.92. The summed E-state index contributed by atoms with van der Waals surface area (Å²) < 4.78 is 29.2. The van der Waals surface area contributed by atoms with Gasteiger partial charge in [-0.3, -0.25) is 14.3 Å². The summed E-state index contributed by atoms with van der Waals surface area (Å²) in [4.78, 5) is 27.7. The highest BCUT2D eigenvalue weighted by molar-refractivity contribution is 7.97.